The second kappa shape index (κ2) is 7.63. The Balaban J connectivity index is 4.09. The topological polar surface area (TPSA) is 84.6 Å². The molecule has 0 aliphatic rings. The van der Waals surface area contributed by atoms with Crippen LogP contribution in [0.1, 0.15) is 27.2 Å². The molecule has 0 fully saturated rings. The Morgan fingerprint density at radius 1 is 1.47 bits per heavy atom. The maximum atomic E-state index is 11.8. The number of aliphatic hydroxyl groups is 1. The first-order valence-corrected chi connectivity index (χ1v) is 5.95. The standard InChI is InChI=1S/C12H26N2O3/c1-12(2,3)5-9(6-13)11(16)14-7-10(15)8-17-4/h9-10,15H,5-8,13H2,1-4H3,(H,14,16). The van der Waals surface area contributed by atoms with E-state index >= 15 is 0 Å². The van der Waals surface area contributed by atoms with Gasteiger partial charge in [-0.05, 0) is 11.8 Å². The Morgan fingerprint density at radius 3 is 2.47 bits per heavy atom. The molecule has 102 valence electrons. The largest absolute Gasteiger partial charge is 0.389 e. The smallest absolute Gasteiger partial charge is 0.224 e. The molecule has 17 heavy (non-hydrogen) atoms. The van der Waals surface area contributed by atoms with Gasteiger partial charge < -0.3 is 20.9 Å². The minimum Gasteiger partial charge on any atom is -0.389 e. The lowest BCUT2D eigenvalue weighted by molar-refractivity contribution is -0.126. The molecule has 0 aromatic heterocycles. The molecule has 2 unspecified atom stereocenters. The van der Waals surface area contributed by atoms with Gasteiger partial charge in [0.05, 0.1) is 18.6 Å². The predicted octanol–water partition coefficient (Wildman–Crippen LogP) is 0.121. The molecule has 0 rings (SSSR count). The number of nitrogens with two attached hydrogens (primary N) is 1. The van der Waals surface area contributed by atoms with Crippen molar-refractivity contribution in [3.05, 3.63) is 0 Å². The van der Waals surface area contributed by atoms with E-state index in [-0.39, 0.29) is 30.4 Å². The van der Waals surface area contributed by atoms with Crippen LogP contribution in [0, 0.1) is 11.3 Å². The first kappa shape index (κ1) is 16.4. The highest BCUT2D eigenvalue weighted by molar-refractivity contribution is 5.78. The number of rotatable bonds is 7. The zero-order chi connectivity index (χ0) is 13.5. The molecular weight excluding hydrogens is 220 g/mol. The van der Waals surface area contributed by atoms with Crippen molar-refractivity contribution in [3.63, 3.8) is 0 Å². The maximum absolute atomic E-state index is 11.8. The third-order valence-corrected chi connectivity index (χ3v) is 2.39. The molecule has 0 aromatic rings. The highest BCUT2D eigenvalue weighted by Crippen LogP contribution is 2.23. The molecule has 0 spiro atoms. The second-order valence-electron chi connectivity index (χ2n) is 5.55. The van der Waals surface area contributed by atoms with Crippen molar-refractivity contribution in [1.82, 2.24) is 5.32 Å². The van der Waals surface area contributed by atoms with Crippen molar-refractivity contribution in [3.8, 4) is 0 Å². The van der Waals surface area contributed by atoms with Crippen LogP contribution in [-0.2, 0) is 9.53 Å². The number of aliphatic hydroxyl groups excluding tert-OH is 1. The minimum absolute atomic E-state index is 0.0620. The number of carbonyl (C=O) groups is 1. The molecule has 0 saturated heterocycles. The lowest BCUT2D eigenvalue weighted by Gasteiger charge is -2.24. The summed E-state index contributed by atoms with van der Waals surface area (Å²) in [5.74, 6) is -0.303. The van der Waals surface area contributed by atoms with E-state index in [0.717, 1.165) is 6.42 Å². The van der Waals surface area contributed by atoms with Crippen LogP contribution in [0.3, 0.4) is 0 Å². The van der Waals surface area contributed by atoms with Gasteiger partial charge in [0.25, 0.3) is 0 Å². The van der Waals surface area contributed by atoms with Crippen molar-refractivity contribution < 1.29 is 14.6 Å². The van der Waals surface area contributed by atoms with Crippen molar-refractivity contribution in [1.29, 1.82) is 0 Å². The maximum Gasteiger partial charge on any atom is 0.224 e. The van der Waals surface area contributed by atoms with Gasteiger partial charge in [-0.1, -0.05) is 20.8 Å². The van der Waals surface area contributed by atoms with Crippen LogP contribution in [0.2, 0.25) is 0 Å². The fraction of sp³-hybridized carbons (Fsp3) is 0.917. The molecule has 0 aliphatic carbocycles. The number of methoxy groups -OCH3 is 1. The van der Waals surface area contributed by atoms with E-state index in [1.54, 1.807) is 0 Å². The lowest BCUT2D eigenvalue weighted by atomic mass is 9.84. The summed E-state index contributed by atoms with van der Waals surface area (Å²) in [6, 6.07) is 0. The van der Waals surface area contributed by atoms with Crippen LogP contribution < -0.4 is 11.1 Å². The van der Waals surface area contributed by atoms with E-state index in [1.165, 1.54) is 7.11 Å². The van der Waals surface area contributed by atoms with Gasteiger partial charge in [-0.15, -0.1) is 0 Å². The fourth-order valence-corrected chi connectivity index (χ4v) is 1.64. The zero-order valence-electron chi connectivity index (χ0n) is 11.3. The Hall–Kier alpha value is -0.650. The number of amides is 1. The van der Waals surface area contributed by atoms with Gasteiger partial charge in [0.2, 0.25) is 5.91 Å². The van der Waals surface area contributed by atoms with Crippen LogP contribution in [0.4, 0.5) is 0 Å². The summed E-state index contributed by atoms with van der Waals surface area (Å²) in [5, 5.41) is 12.1. The summed E-state index contributed by atoms with van der Waals surface area (Å²) in [7, 11) is 1.51. The van der Waals surface area contributed by atoms with Crippen LogP contribution in [-0.4, -0.2) is 43.9 Å². The first-order valence-electron chi connectivity index (χ1n) is 5.95. The molecule has 0 radical (unpaired) electrons. The number of hydrogen-bond donors (Lipinski definition) is 3. The lowest BCUT2D eigenvalue weighted by Crippen LogP contribution is -2.41. The van der Waals surface area contributed by atoms with Crippen molar-refractivity contribution >= 4 is 5.91 Å². The number of carbonyl (C=O) groups excluding carboxylic acids is 1. The normalized spacial score (nSPS) is 15.4. The van der Waals surface area contributed by atoms with Gasteiger partial charge in [0.1, 0.15) is 0 Å². The molecule has 2 atom stereocenters. The SMILES string of the molecule is COCC(O)CNC(=O)C(CN)CC(C)(C)C. The molecule has 5 heteroatoms. The van der Waals surface area contributed by atoms with Crippen molar-refractivity contribution in [2.75, 3.05) is 26.8 Å². The van der Waals surface area contributed by atoms with Crippen molar-refractivity contribution in [2.45, 2.75) is 33.3 Å². The predicted molar refractivity (Wildman–Crippen MR) is 67.5 cm³/mol. The van der Waals surface area contributed by atoms with Crippen LogP contribution in [0.25, 0.3) is 0 Å². The molecular formula is C12H26N2O3. The molecule has 0 aromatic carbocycles. The summed E-state index contributed by atoms with van der Waals surface area (Å²) >= 11 is 0. The Bertz CT molecular complexity index is 226. The molecule has 4 N–H and O–H groups in total. The molecule has 0 bridgehead atoms. The van der Waals surface area contributed by atoms with Crippen molar-refractivity contribution in [2.24, 2.45) is 17.1 Å². The average molecular weight is 246 g/mol. The van der Waals surface area contributed by atoms with Gasteiger partial charge >= 0.3 is 0 Å². The van der Waals surface area contributed by atoms with Gasteiger partial charge in [0, 0.05) is 20.2 Å². The van der Waals surface area contributed by atoms with E-state index in [2.05, 4.69) is 26.1 Å². The van der Waals surface area contributed by atoms with Gasteiger partial charge in [-0.2, -0.15) is 0 Å². The quantitative estimate of drug-likeness (QED) is 0.596. The third kappa shape index (κ3) is 8.12. The van der Waals surface area contributed by atoms with Crippen LogP contribution in [0.15, 0.2) is 0 Å². The van der Waals surface area contributed by atoms with Gasteiger partial charge in [-0.25, -0.2) is 0 Å². The summed E-state index contributed by atoms with van der Waals surface area (Å²) in [4.78, 5) is 11.8. The third-order valence-electron chi connectivity index (χ3n) is 2.39. The monoisotopic (exact) mass is 246 g/mol. The first-order chi connectivity index (χ1) is 7.80. The van der Waals surface area contributed by atoms with E-state index in [9.17, 15) is 9.90 Å². The fourth-order valence-electron chi connectivity index (χ4n) is 1.64. The minimum atomic E-state index is -0.669. The highest BCUT2D eigenvalue weighted by Gasteiger charge is 2.23. The summed E-state index contributed by atoms with van der Waals surface area (Å²) in [5.41, 5.74) is 5.66. The summed E-state index contributed by atoms with van der Waals surface area (Å²) < 4.78 is 4.78. The summed E-state index contributed by atoms with van der Waals surface area (Å²) in [6.45, 7) is 6.96. The Morgan fingerprint density at radius 2 is 2.06 bits per heavy atom. The van der Waals surface area contributed by atoms with E-state index in [0.29, 0.717) is 6.54 Å². The van der Waals surface area contributed by atoms with Gasteiger partial charge in [-0.3, -0.25) is 4.79 Å². The van der Waals surface area contributed by atoms with E-state index < -0.39 is 6.10 Å². The Kier molecular flexibility index (Phi) is 7.34. The van der Waals surface area contributed by atoms with Crippen LogP contribution >= 0.6 is 0 Å². The molecule has 0 aliphatic heterocycles. The number of ether oxygens (including phenoxy) is 1. The van der Waals surface area contributed by atoms with Crippen LogP contribution in [0.5, 0.6) is 0 Å². The second-order valence-corrected chi connectivity index (χ2v) is 5.55. The molecule has 5 nitrogen and oxygen atoms in total. The molecule has 1 amide bonds. The summed E-state index contributed by atoms with van der Waals surface area (Å²) in [6.07, 6.45) is 0.0624. The highest BCUT2D eigenvalue weighted by atomic mass is 16.5. The van der Waals surface area contributed by atoms with Gasteiger partial charge in [0.15, 0.2) is 0 Å². The Labute approximate surface area is 104 Å². The number of nitrogens with one attached hydrogen (secondary N) is 1. The molecule has 0 heterocycles. The molecule has 0 saturated carbocycles. The van der Waals surface area contributed by atoms with E-state index in [4.69, 9.17) is 10.5 Å². The van der Waals surface area contributed by atoms with E-state index in [1.807, 2.05) is 0 Å². The average Bonchev–Trinajstić information content (AvgIpc) is 2.21. The number of hydrogen-bond acceptors (Lipinski definition) is 4. The zero-order valence-corrected chi connectivity index (χ0v) is 11.3.